The van der Waals surface area contributed by atoms with Crippen LogP contribution in [0.25, 0.3) is 0 Å². The molecule has 0 unspecified atom stereocenters. The number of Topliss-reactive ketones (excluding diaryl/α,β-unsaturated/α-hetero) is 1. The Labute approximate surface area is 170 Å². The topological polar surface area (TPSA) is 149 Å². The van der Waals surface area contributed by atoms with E-state index in [-0.39, 0.29) is 30.8 Å². The van der Waals surface area contributed by atoms with Gasteiger partial charge in [-0.3, -0.25) is 4.79 Å². The largest absolute Gasteiger partial charge is 0.392 e. The van der Waals surface area contributed by atoms with E-state index in [1.807, 2.05) is 26.0 Å². The Balaban J connectivity index is 2.14. The Morgan fingerprint density at radius 1 is 1.21 bits per heavy atom. The number of hydrogen-bond donors (Lipinski definition) is 4. The smallest absolute Gasteiger partial charge is 0.312 e. The van der Waals surface area contributed by atoms with Crippen LogP contribution in [0, 0.1) is 5.92 Å². The van der Waals surface area contributed by atoms with Crippen molar-refractivity contribution in [1.29, 1.82) is 0 Å². The molecule has 0 spiro atoms. The van der Waals surface area contributed by atoms with Crippen LogP contribution in [0.5, 0.6) is 0 Å². The summed E-state index contributed by atoms with van der Waals surface area (Å²) in [6, 6.07) is 5.87. The summed E-state index contributed by atoms with van der Waals surface area (Å²) in [4.78, 5) is 23.9. The van der Waals surface area contributed by atoms with Crippen molar-refractivity contribution in [2.45, 2.75) is 51.8 Å². The van der Waals surface area contributed by atoms with Crippen LogP contribution in [0.4, 0.5) is 4.79 Å². The third-order valence-electron chi connectivity index (χ3n) is 4.82. The number of nitrogens with zero attached hydrogens (tertiary/aromatic N) is 3. The van der Waals surface area contributed by atoms with E-state index in [1.165, 1.54) is 0 Å². The number of nitrogens with two attached hydrogens (primary N) is 2. The fraction of sp³-hybridized carbons (Fsp3) is 0.500. The molecule has 0 aliphatic rings. The first-order valence-electron chi connectivity index (χ1n) is 9.73. The summed E-state index contributed by atoms with van der Waals surface area (Å²) in [6.07, 6.45) is 3.00. The molecule has 158 valence electrons. The molecule has 0 saturated carbocycles. The van der Waals surface area contributed by atoms with Gasteiger partial charge in [0.25, 0.3) is 0 Å². The molecule has 1 aromatic carbocycles. The molecule has 0 aliphatic heterocycles. The summed E-state index contributed by atoms with van der Waals surface area (Å²) in [5.41, 5.74) is 13.5. The summed E-state index contributed by atoms with van der Waals surface area (Å²) in [7, 11) is 0. The van der Waals surface area contributed by atoms with Crippen LogP contribution in [0.15, 0.2) is 30.5 Å². The van der Waals surface area contributed by atoms with Crippen molar-refractivity contribution in [3.63, 3.8) is 0 Å². The Morgan fingerprint density at radius 2 is 1.86 bits per heavy atom. The average molecular weight is 402 g/mol. The minimum absolute atomic E-state index is 0.0182. The number of urea groups is 1. The molecule has 9 heteroatoms. The summed E-state index contributed by atoms with van der Waals surface area (Å²) in [5.74, 6) is 0.175. The molecular formula is C20H30N6O3. The minimum atomic E-state index is -0.595. The molecule has 2 rings (SSSR count). The van der Waals surface area contributed by atoms with Crippen LogP contribution >= 0.6 is 0 Å². The average Bonchev–Trinajstić information content (AvgIpc) is 3.17. The van der Waals surface area contributed by atoms with Crippen LogP contribution in [-0.4, -0.2) is 38.5 Å². The van der Waals surface area contributed by atoms with E-state index in [1.54, 1.807) is 23.0 Å². The maximum Gasteiger partial charge on any atom is 0.312 e. The van der Waals surface area contributed by atoms with Crippen LogP contribution in [0.3, 0.4) is 0 Å². The van der Waals surface area contributed by atoms with Gasteiger partial charge in [-0.25, -0.2) is 9.48 Å². The van der Waals surface area contributed by atoms with E-state index >= 15 is 0 Å². The molecule has 9 nitrogen and oxygen atoms in total. The number of carbonyl (C=O) groups is 2. The van der Waals surface area contributed by atoms with Crippen molar-refractivity contribution < 1.29 is 14.7 Å². The fourth-order valence-electron chi connectivity index (χ4n) is 2.97. The normalized spacial score (nSPS) is 13.3. The van der Waals surface area contributed by atoms with Crippen LogP contribution in [0.2, 0.25) is 0 Å². The van der Waals surface area contributed by atoms with Crippen LogP contribution in [0.1, 0.15) is 55.6 Å². The monoisotopic (exact) mass is 402 g/mol. The number of nitrogens with one attached hydrogen (secondary N) is 1. The lowest BCUT2D eigenvalue weighted by molar-refractivity contribution is -0.122. The van der Waals surface area contributed by atoms with Gasteiger partial charge < -0.3 is 21.9 Å². The Kier molecular flexibility index (Phi) is 8.29. The number of benzene rings is 1. The van der Waals surface area contributed by atoms with E-state index in [4.69, 9.17) is 16.6 Å². The number of aromatic nitrogens is 3. The number of carbonyl (C=O) groups excluding carboxylic acids is 2. The highest BCUT2D eigenvalue weighted by molar-refractivity contribution is 5.84. The molecule has 2 atom stereocenters. The second-order valence-corrected chi connectivity index (χ2v) is 7.46. The zero-order valence-corrected chi connectivity index (χ0v) is 16.9. The summed E-state index contributed by atoms with van der Waals surface area (Å²) in [6.45, 7) is 4.33. The predicted octanol–water partition coefficient (Wildman–Crippen LogP) is 1.23. The molecule has 0 fully saturated rings. The van der Waals surface area contributed by atoms with E-state index in [9.17, 15) is 9.59 Å². The van der Waals surface area contributed by atoms with Gasteiger partial charge in [-0.05, 0) is 29.9 Å². The van der Waals surface area contributed by atoms with E-state index in [2.05, 4.69) is 15.6 Å². The Bertz CT molecular complexity index is 803. The van der Waals surface area contributed by atoms with Gasteiger partial charge in [0.05, 0.1) is 24.5 Å². The number of rotatable bonds is 11. The number of ketones is 1. The number of aliphatic hydroxyl groups excluding tert-OH is 1. The molecule has 2 amide bonds. The maximum absolute atomic E-state index is 13.0. The highest BCUT2D eigenvalue weighted by Gasteiger charge is 2.24. The quantitative estimate of drug-likeness (QED) is 0.415. The molecule has 29 heavy (non-hydrogen) atoms. The zero-order valence-electron chi connectivity index (χ0n) is 16.9. The lowest BCUT2D eigenvalue weighted by Gasteiger charge is -2.16. The van der Waals surface area contributed by atoms with Crippen molar-refractivity contribution in [2.24, 2.45) is 17.4 Å². The van der Waals surface area contributed by atoms with Gasteiger partial charge in [-0.2, -0.15) is 0 Å². The third-order valence-corrected chi connectivity index (χ3v) is 4.82. The minimum Gasteiger partial charge on any atom is -0.392 e. The van der Waals surface area contributed by atoms with Crippen molar-refractivity contribution in [2.75, 3.05) is 6.54 Å². The second-order valence-electron chi connectivity index (χ2n) is 7.46. The molecule has 0 bridgehead atoms. The van der Waals surface area contributed by atoms with Crippen LogP contribution in [-0.2, 0) is 17.8 Å². The number of aliphatic hydroxyl groups is 1. The van der Waals surface area contributed by atoms with E-state index in [0.717, 1.165) is 11.1 Å². The summed E-state index contributed by atoms with van der Waals surface area (Å²) in [5, 5.41) is 20.0. The predicted molar refractivity (Wildman–Crippen MR) is 109 cm³/mol. The van der Waals surface area contributed by atoms with Gasteiger partial charge in [-0.1, -0.05) is 43.3 Å². The molecule has 0 radical (unpaired) electrons. The van der Waals surface area contributed by atoms with E-state index in [0.29, 0.717) is 25.1 Å². The summed E-state index contributed by atoms with van der Waals surface area (Å²) < 4.78 is 1.56. The number of primary amides is 1. The van der Waals surface area contributed by atoms with Crippen molar-refractivity contribution in [1.82, 2.24) is 20.3 Å². The van der Waals surface area contributed by atoms with Crippen molar-refractivity contribution >= 4 is 11.8 Å². The third kappa shape index (κ3) is 6.65. The summed E-state index contributed by atoms with van der Waals surface area (Å²) >= 11 is 0. The lowest BCUT2D eigenvalue weighted by atomic mass is 9.99. The highest BCUT2D eigenvalue weighted by atomic mass is 16.3. The molecule has 2 aromatic rings. The van der Waals surface area contributed by atoms with Gasteiger partial charge in [0, 0.05) is 13.0 Å². The first-order chi connectivity index (χ1) is 13.8. The van der Waals surface area contributed by atoms with Crippen molar-refractivity contribution in [3.05, 3.63) is 47.3 Å². The first-order valence-corrected chi connectivity index (χ1v) is 9.73. The molecule has 1 aromatic heterocycles. The maximum atomic E-state index is 13.0. The van der Waals surface area contributed by atoms with Gasteiger partial charge >= 0.3 is 6.03 Å². The van der Waals surface area contributed by atoms with Gasteiger partial charge in [0.2, 0.25) is 0 Å². The molecule has 6 N–H and O–H groups in total. The molecular weight excluding hydrogens is 372 g/mol. The SMILES string of the molecule is CC(C)[C@H](N)c1cn([C@@H](CCCNC(N)=O)C(=O)Cc2ccc(CO)cc2)nn1. The second kappa shape index (κ2) is 10.7. The zero-order chi connectivity index (χ0) is 21.4. The molecule has 0 aliphatic carbocycles. The standard InChI is InChI=1S/C20H30N6O3/c1-13(2)19(21)16-11-26(25-24-16)17(4-3-9-23-20(22)29)18(28)10-14-5-7-15(12-27)8-6-14/h5-8,11,13,17,19,27H,3-4,9-10,12,21H2,1-2H3,(H3,22,23,29)/t17-,19-/m0/s1. The molecule has 1 heterocycles. The highest BCUT2D eigenvalue weighted by Crippen LogP contribution is 2.21. The Morgan fingerprint density at radius 3 is 2.45 bits per heavy atom. The molecule has 0 saturated heterocycles. The Hall–Kier alpha value is -2.78. The fourth-order valence-corrected chi connectivity index (χ4v) is 2.97. The van der Waals surface area contributed by atoms with Gasteiger partial charge in [0.1, 0.15) is 6.04 Å². The van der Waals surface area contributed by atoms with E-state index < -0.39 is 12.1 Å². The van der Waals surface area contributed by atoms with Crippen molar-refractivity contribution in [3.8, 4) is 0 Å². The number of hydrogen-bond acceptors (Lipinski definition) is 6. The van der Waals surface area contributed by atoms with Gasteiger partial charge in [-0.15, -0.1) is 5.10 Å². The number of amides is 2. The van der Waals surface area contributed by atoms with Gasteiger partial charge in [0.15, 0.2) is 5.78 Å². The first kappa shape index (κ1) is 22.5. The van der Waals surface area contributed by atoms with Crippen LogP contribution < -0.4 is 16.8 Å². The lowest BCUT2D eigenvalue weighted by Crippen LogP contribution is -2.31.